The maximum Gasteiger partial charge on any atom is 0.230 e. The SMILES string of the molecule is CCn1ccnc1CN(C)Cc1nnc(C(C)C)o1. The average Bonchev–Trinajstić information content (AvgIpc) is 2.97. The van der Waals surface area contributed by atoms with Gasteiger partial charge < -0.3 is 8.98 Å². The smallest absolute Gasteiger partial charge is 0.230 e. The van der Waals surface area contributed by atoms with Gasteiger partial charge in [-0.2, -0.15) is 0 Å². The number of hydrogen-bond acceptors (Lipinski definition) is 5. The fourth-order valence-electron chi connectivity index (χ4n) is 1.87. The lowest BCUT2D eigenvalue weighted by atomic mass is 10.2. The molecule has 0 bridgehead atoms. The molecule has 6 heteroatoms. The molecule has 0 aliphatic heterocycles. The Morgan fingerprint density at radius 1 is 1.32 bits per heavy atom. The van der Waals surface area contributed by atoms with Gasteiger partial charge in [-0.25, -0.2) is 4.98 Å². The van der Waals surface area contributed by atoms with Crippen molar-refractivity contribution in [3.8, 4) is 0 Å². The van der Waals surface area contributed by atoms with Crippen LogP contribution in [0.2, 0.25) is 0 Å². The molecule has 2 heterocycles. The van der Waals surface area contributed by atoms with Crippen LogP contribution in [0.15, 0.2) is 16.8 Å². The van der Waals surface area contributed by atoms with Gasteiger partial charge in [0.05, 0.1) is 13.1 Å². The molecule has 0 unspecified atom stereocenters. The van der Waals surface area contributed by atoms with E-state index in [0.29, 0.717) is 18.3 Å². The Labute approximate surface area is 113 Å². The molecule has 19 heavy (non-hydrogen) atoms. The predicted molar refractivity (Wildman–Crippen MR) is 71.5 cm³/mol. The molecule has 0 saturated carbocycles. The lowest BCUT2D eigenvalue weighted by Gasteiger charge is -2.14. The molecule has 104 valence electrons. The Hall–Kier alpha value is -1.69. The molecule has 6 nitrogen and oxygen atoms in total. The zero-order chi connectivity index (χ0) is 13.8. The average molecular weight is 263 g/mol. The molecule has 0 fully saturated rings. The topological polar surface area (TPSA) is 60.0 Å². The fraction of sp³-hybridized carbons (Fsp3) is 0.615. The van der Waals surface area contributed by atoms with Gasteiger partial charge in [-0.3, -0.25) is 4.90 Å². The minimum absolute atomic E-state index is 0.269. The van der Waals surface area contributed by atoms with Crippen LogP contribution in [0.3, 0.4) is 0 Å². The first-order valence-corrected chi connectivity index (χ1v) is 6.61. The summed E-state index contributed by atoms with van der Waals surface area (Å²) in [6, 6.07) is 0. The van der Waals surface area contributed by atoms with Crippen molar-refractivity contribution in [1.82, 2.24) is 24.6 Å². The van der Waals surface area contributed by atoms with Gasteiger partial charge in [-0.1, -0.05) is 13.8 Å². The van der Waals surface area contributed by atoms with Gasteiger partial charge in [0.15, 0.2) is 0 Å². The largest absolute Gasteiger partial charge is 0.424 e. The van der Waals surface area contributed by atoms with Crippen LogP contribution >= 0.6 is 0 Å². The Morgan fingerprint density at radius 2 is 2.11 bits per heavy atom. The van der Waals surface area contributed by atoms with E-state index in [4.69, 9.17) is 4.42 Å². The monoisotopic (exact) mass is 263 g/mol. The summed E-state index contributed by atoms with van der Waals surface area (Å²) in [5.74, 6) is 2.67. The van der Waals surface area contributed by atoms with Crippen LogP contribution in [0.5, 0.6) is 0 Å². The Morgan fingerprint density at radius 3 is 2.74 bits per heavy atom. The number of nitrogens with zero attached hydrogens (tertiary/aromatic N) is 5. The third-order valence-corrected chi connectivity index (χ3v) is 2.94. The van der Waals surface area contributed by atoms with Gasteiger partial charge in [0.25, 0.3) is 0 Å². The van der Waals surface area contributed by atoms with Crippen molar-refractivity contribution in [3.05, 3.63) is 30.0 Å². The van der Waals surface area contributed by atoms with Crippen molar-refractivity contribution >= 4 is 0 Å². The maximum absolute atomic E-state index is 5.60. The molecule has 0 atom stereocenters. The third kappa shape index (κ3) is 3.41. The first kappa shape index (κ1) is 13.7. The first-order chi connectivity index (χ1) is 9.10. The summed E-state index contributed by atoms with van der Waals surface area (Å²) in [7, 11) is 2.02. The third-order valence-electron chi connectivity index (χ3n) is 2.94. The van der Waals surface area contributed by atoms with Gasteiger partial charge >= 0.3 is 0 Å². The molecule has 2 aromatic rings. The molecule has 0 radical (unpaired) electrons. The molecule has 0 spiro atoms. The second-order valence-corrected chi connectivity index (χ2v) is 4.99. The summed E-state index contributed by atoms with van der Waals surface area (Å²) in [6.07, 6.45) is 3.82. The number of hydrogen-bond donors (Lipinski definition) is 0. The van der Waals surface area contributed by atoms with E-state index in [1.165, 1.54) is 0 Å². The van der Waals surface area contributed by atoms with Crippen LogP contribution in [0, 0.1) is 0 Å². The molecule has 0 N–H and O–H groups in total. The highest BCUT2D eigenvalue weighted by atomic mass is 16.4. The minimum atomic E-state index is 0.269. The highest BCUT2D eigenvalue weighted by molar-refractivity contribution is 4.93. The Balaban J connectivity index is 1.95. The second-order valence-electron chi connectivity index (χ2n) is 4.99. The first-order valence-electron chi connectivity index (χ1n) is 6.61. The van der Waals surface area contributed by atoms with E-state index in [2.05, 4.69) is 31.6 Å². The molecule has 0 aliphatic rings. The lowest BCUT2D eigenvalue weighted by molar-refractivity contribution is 0.266. The van der Waals surface area contributed by atoms with E-state index in [0.717, 1.165) is 18.9 Å². The van der Waals surface area contributed by atoms with E-state index in [-0.39, 0.29) is 5.92 Å². The van der Waals surface area contributed by atoms with Crippen molar-refractivity contribution in [3.63, 3.8) is 0 Å². The minimum Gasteiger partial charge on any atom is -0.424 e. The molecular formula is C13H21N5O. The summed E-state index contributed by atoms with van der Waals surface area (Å²) in [5.41, 5.74) is 0. The number of aryl methyl sites for hydroxylation is 1. The van der Waals surface area contributed by atoms with Gasteiger partial charge in [0.1, 0.15) is 5.82 Å². The van der Waals surface area contributed by atoms with Gasteiger partial charge in [0, 0.05) is 24.9 Å². The van der Waals surface area contributed by atoms with Crippen molar-refractivity contribution in [2.45, 2.75) is 46.3 Å². The fourth-order valence-corrected chi connectivity index (χ4v) is 1.87. The summed E-state index contributed by atoms with van der Waals surface area (Å²) >= 11 is 0. The number of aromatic nitrogens is 4. The van der Waals surface area contributed by atoms with Crippen LogP contribution in [0.1, 0.15) is 44.3 Å². The van der Waals surface area contributed by atoms with E-state index < -0.39 is 0 Å². The molecule has 0 amide bonds. The molecule has 2 aromatic heterocycles. The highest BCUT2D eigenvalue weighted by Crippen LogP contribution is 2.13. The summed E-state index contributed by atoms with van der Waals surface area (Å²) in [4.78, 5) is 6.47. The summed E-state index contributed by atoms with van der Waals surface area (Å²) in [6.45, 7) is 8.52. The van der Waals surface area contributed by atoms with Crippen LogP contribution < -0.4 is 0 Å². The van der Waals surface area contributed by atoms with Crippen LogP contribution in [0.25, 0.3) is 0 Å². The Bertz CT molecular complexity index is 517. The van der Waals surface area contributed by atoms with Crippen LogP contribution in [0.4, 0.5) is 0 Å². The molecule has 0 aromatic carbocycles. The summed E-state index contributed by atoms with van der Waals surface area (Å²) in [5, 5.41) is 8.10. The normalized spacial score (nSPS) is 11.7. The van der Waals surface area contributed by atoms with Crippen molar-refractivity contribution in [2.75, 3.05) is 7.05 Å². The van der Waals surface area contributed by atoms with Gasteiger partial charge in [-0.15, -0.1) is 10.2 Å². The van der Waals surface area contributed by atoms with E-state index in [1.807, 2.05) is 33.3 Å². The lowest BCUT2D eigenvalue weighted by Crippen LogP contribution is -2.20. The van der Waals surface area contributed by atoms with Crippen LogP contribution in [-0.2, 0) is 19.6 Å². The quantitative estimate of drug-likeness (QED) is 0.798. The second kappa shape index (κ2) is 5.97. The van der Waals surface area contributed by atoms with Gasteiger partial charge in [-0.05, 0) is 14.0 Å². The van der Waals surface area contributed by atoms with Crippen molar-refractivity contribution in [2.24, 2.45) is 0 Å². The highest BCUT2D eigenvalue weighted by Gasteiger charge is 2.12. The standard InChI is InChI=1S/C13H21N5O/c1-5-18-7-6-14-11(18)8-17(4)9-12-15-16-13(19-12)10(2)3/h6-7,10H,5,8-9H2,1-4H3. The zero-order valence-corrected chi connectivity index (χ0v) is 12.0. The predicted octanol–water partition coefficient (Wildman–Crippen LogP) is 2.04. The van der Waals surface area contributed by atoms with Crippen LogP contribution in [-0.4, -0.2) is 31.7 Å². The number of rotatable bonds is 6. The molecular weight excluding hydrogens is 242 g/mol. The van der Waals surface area contributed by atoms with Crippen molar-refractivity contribution in [1.29, 1.82) is 0 Å². The molecule has 0 saturated heterocycles. The van der Waals surface area contributed by atoms with E-state index in [9.17, 15) is 0 Å². The molecule has 0 aliphatic carbocycles. The zero-order valence-electron chi connectivity index (χ0n) is 12.0. The summed E-state index contributed by atoms with van der Waals surface area (Å²) < 4.78 is 7.73. The maximum atomic E-state index is 5.60. The number of imidazole rings is 1. The van der Waals surface area contributed by atoms with Gasteiger partial charge in [0.2, 0.25) is 11.8 Å². The molecule has 2 rings (SSSR count). The van der Waals surface area contributed by atoms with E-state index in [1.54, 1.807) is 0 Å². The Kier molecular flexibility index (Phi) is 4.31. The van der Waals surface area contributed by atoms with Crippen molar-refractivity contribution < 1.29 is 4.42 Å². The van der Waals surface area contributed by atoms with E-state index >= 15 is 0 Å².